The standard InChI is InChI=1S/C14H16FNO/c1-16-9-12(8-11-6-7-17-10-11)13-4-2-3-5-14(13)15/h2-7,10,12,16H,8-9H2,1H3. The lowest BCUT2D eigenvalue weighted by Gasteiger charge is -2.16. The van der Waals surface area contributed by atoms with E-state index in [1.165, 1.54) is 6.07 Å². The van der Waals surface area contributed by atoms with Gasteiger partial charge in [0.05, 0.1) is 12.5 Å². The molecule has 17 heavy (non-hydrogen) atoms. The normalized spacial score (nSPS) is 12.6. The number of furan rings is 1. The summed E-state index contributed by atoms with van der Waals surface area (Å²) in [5, 5.41) is 3.11. The van der Waals surface area contributed by atoms with Crippen molar-refractivity contribution in [2.45, 2.75) is 12.3 Å². The minimum absolute atomic E-state index is 0.124. The van der Waals surface area contributed by atoms with Gasteiger partial charge in [0.15, 0.2) is 0 Å². The summed E-state index contributed by atoms with van der Waals surface area (Å²) in [6, 6.07) is 8.86. The molecule has 1 unspecified atom stereocenters. The Morgan fingerprint density at radius 1 is 1.29 bits per heavy atom. The highest BCUT2D eigenvalue weighted by molar-refractivity contribution is 5.24. The van der Waals surface area contributed by atoms with Gasteiger partial charge in [-0.25, -0.2) is 4.39 Å². The number of hydrogen-bond donors (Lipinski definition) is 1. The summed E-state index contributed by atoms with van der Waals surface area (Å²) in [7, 11) is 1.88. The number of hydrogen-bond acceptors (Lipinski definition) is 2. The molecule has 0 saturated heterocycles. The Balaban J connectivity index is 2.20. The molecule has 0 saturated carbocycles. The molecule has 0 aliphatic heterocycles. The van der Waals surface area contributed by atoms with Gasteiger partial charge in [0, 0.05) is 12.5 Å². The zero-order valence-corrected chi connectivity index (χ0v) is 9.82. The molecule has 2 nitrogen and oxygen atoms in total. The van der Waals surface area contributed by atoms with Gasteiger partial charge >= 0.3 is 0 Å². The molecule has 0 fully saturated rings. The van der Waals surface area contributed by atoms with Crippen molar-refractivity contribution in [2.75, 3.05) is 13.6 Å². The summed E-state index contributed by atoms with van der Waals surface area (Å²) in [6.45, 7) is 0.742. The van der Waals surface area contributed by atoms with Crippen LogP contribution in [0.2, 0.25) is 0 Å². The monoisotopic (exact) mass is 233 g/mol. The molecule has 1 atom stereocenters. The predicted molar refractivity (Wildman–Crippen MR) is 65.5 cm³/mol. The van der Waals surface area contributed by atoms with Crippen molar-refractivity contribution >= 4 is 0 Å². The minimum Gasteiger partial charge on any atom is -0.472 e. The zero-order valence-electron chi connectivity index (χ0n) is 9.82. The van der Waals surface area contributed by atoms with Crippen LogP contribution in [0.3, 0.4) is 0 Å². The molecule has 2 rings (SSSR count). The second-order valence-electron chi connectivity index (χ2n) is 4.11. The third kappa shape index (κ3) is 2.94. The fourth-order valence-electron chi connectivity index (χ4n) is 2.04. The van der Waals surface area contributed by atoms with E-state index in [1.54, 1.807) is 18.6 Å². The highest BCUT2D eigenvalue weighted by Crippen LogP contribution is 2.23. The second-order valence-corrected chi connectivity index (χ2v) is 4.11. The van der Waals surface area contributed by atoms with Crippen LogP contribution in [0.25, 0.3) is 0 Å². The maximum atomic E-state index is 13.7. The molecule has 2 aromatic rings. The molecule has 0 aliphatic carbocycles. The van der Waals surface area contributed by atoms with Gasteiger partial charge in [-0.2, -0.15) is 0 Å². The highest BCUT2D eigenvalue weighted by Gasteiger charge is 2.15. The van der Waals surface area contributed by atoms with E-state index in [2.05, 4.69) is 5.32 Å². The maximum Gasteiger partial charge on any atom is 0.126 e. The molecular weight excluding hydrogens is 217 g/mol. The molecule has 0 spiro atoms. The molecule has 0 bridgehead atoms. The van der Waals surface area contributed by atoms with Crippen molar-refractivity contribution in [3.8, 4) is 0 Å². The quantitative estimate of drug-likeness (QED) is 0.859. The summed E-state index contributed by atoms with van der Waals surface area (Å²) >= 11 is 0. The number of likely N-dealkylation sites (N-methyl/N-ethyl adjacent to an activating group) is 1. The highest BCUT2D eigenvalue weighted by atomic mass is 19.1. The Morgan fingerprint density at radius 3 is 2.76 bits per heavy atom. The molecule has 1 heterocycles. The fraction of sp³-hybridized carbons (Fsp3) is 0.286. The van der Waals surface area contributed by atoms with Crippen molar-refractivity contribution < 1.29 is 8.81 Å². The van der Waals surface area contributed by atoms with Crippen LogP contribution in [-0.2, 0) is 6.42 Å². The van der Waals surface area contributed by atoms with Gasteiger partial charge in [-0.3, -0.25) is 0 Å². The molecule has 1 aromatic carbocycles. The number of halogens is 1. The average molecular weight is 233 g/mol. The van der Waals surface area contributed by atoms with E-state index in [0.717, 1.165) is 24.1 Å². The topological polar surface area (TPSA) is 25.2 Å². The van der Waals surface area contributed by atoms with E-state index >= 15 is 0 Å². The summed E-state index contributed by atoms with van der Waals surface area (Å²) in [5.41, 5.74) is 1.84. The van der Waals surface area contributed by atoms with Crippen molar-refractivity contribution in [3.05, 3.63) is 59.8 Å². The summed E-state index contributed by atoms with van der Waals surface area (Å²) in [5.74, 6) is -0.0185. The lowest BCUT2D eigenvalue weighted by atomic mass is 9.92. The SMILES string of the molecule is CNCC(Cc1ccoc1)c1ccccc1F. The van der Waals surface area contributed by atoms with Crippen molar-refractivity contribution in [2.24, 2.45) is 0 Å². The van der Waals surface area contributed by atoms with E-state index in [9.17, 15) is 4.39 Å². The second kappa shape index (κ2) is 5.64. The van der Waals surface area contributed by atoms with Crippen LogP contribution >= 0.6 is 0 Å². The van der Waals surface area contributed by atoms with Gasteiger partial charge < -0.3 is 9.73 Å². The van der Waals surface area contributed by atoms with E-state index in [4.69, 9.17) is 4.42 Å². The first-order valence-electron chi connectivity index (χ1n) is 5.71. The Morgan fingerprint density at radius 2 is 2.12 bits per heavy atom. The van der Waals surface area contributed by atoms with Gasteiger partial charge in [0.2, 0.25) is 0 Å². The van der Waals surface area contributed by atoms with E-state index < -0.39 is 0 Å². The molecular formula is C14H16FNO. The van der Waals surface area contributed by atoms with Gasteiger partial charge in [0.1, 0.15) is 5.82 Å². The molecule has 0 aliphatic rings. The van der Waals surface area contributed by atoms with Crippen LogP contribution in [0.5, 0.6) is 0 Å². The largest absolute Gasteiger partial charge is 0.472 e. The maximum absolute atomic E-state index is 13.7. The Hall–Kier alpha value is -1.61. The third-order valence-corrected chi connectivity index (χ3v) is 2.86. The smallest absolute Gasteiger partial charge is 0.126 e. The summed E-state index contributed by atoms with van der Waals surface area (Å²) < 4.78 is 18.8. The molecule has 1 aromatic heterocycles. The molecule has 0 radical (unpaired) electrons. The lowest BCUT2D eigenvalue weighted by molar-refractivity contribution is 0.544. The number of nitrogens with one attached hydrogen (secondary N) is 1. The predicted octanol–water partition coefficient (Wildman–Crippen LogP) is 2.96. The Bertz CT molecular complexity index is 453. The van der Waals surface area contributed by atoms with Crippen LogP contribution in [-0.4, -0.2) is 13.6 Å². The summed E-state index contributed by atoms with van der Waals surface area (Å²) in [4.78, 5) is 0. The third-order valence-electron chi connectivity index (χ3n) is 2.86. The Kier molecular flexibility index (Phi) is 3.94. The zero-order chi connectivity index (χ0) is 12.1. The van der Waals surface area contributed by atoms with E-state index in [1.807, 2.05) is 25.2 Å². The van der Waals surface area contributed by atoms with Crippen molar-refractivity contribution in [1.82, 2.24) is 5.32 Å². The number of benzene rings is 1. The minimum atomic E-state index is -0.142. The van der Waals surface area contributed by atoms with Crippen molar-refractivity contribution in [1.29, 1.82) is 0 Å². The fourth-order valence-corrected chi connectivity index (χ4v) is 2.04. The molecule has 1 N–H and O–H groups in total. The van der Waals surface area contributed by atoms with Gasteiger partial charge in [-0.15, -0.1) is 0 Å². The van der Waals surface area contributed by atoms with Crippen LogP contribution in [0.4, 0.5) is 4.39 Å². The molecule has 3 heteroatoms. The van der Waals surface area contributed by atoms with E-state index in [0.29, 0.717) is 0 Å². The van der Waals surface area contributed by atoms with Gasteiger partial charge in [0.25, 0.3) is 0 Å². The van der Waals surface area contributed by atoms with Crippen LogP contribution in [0.1, 0.15) is 17.0 Å². The average Bonchev–Trinajstić information content (AvgIpc) is 2.82. The van der Waals surface area contributed by atoms with Gasteiger partial charge in [-0.05, 0) is 36.7 Å². The van der Waals surface area contributed by atoms with Crippen LogP contribution < -0.4 is 5.32 Å². The van der Waals surface area contributed by atoms with Crippen LogP contribution in [0, 0.1) is 5.82 Å². The number of rotatable bonds is 5. The van der Waals surface area contributed by atoms with E-state index in [-0.39, 0.29) is 11.7 Å². The lowest BCUT2D eigenvalue weighted by Crippen LogP contribution is -2.20. The summed E-state index contributed by atoms with van der Waals surface area (Å²) in [6.07, 6.45) is 4.13. The van der Waals surface area contributed by atoms with Gasteiger partial charge in [-0.1, -0.05) is 18.2 Å². The van der Waals surface area contributed by atoms with Crippen molar-refractivity contribution in [3.63, 3.8) is 0 Å². The Labute approximate surface area is 100 Å². The first-order chi connectivity index (χ1) is 8.31. The molecule has 0 amide bonds. The first kappa shape index (κ1) is 11.9. The first-order valence-corrected chi connectivity index (χ1v) is 5.71. The molecule has 90 valence electrons. The van der Waals surface area contributed by atoms with Crippen LogP contribution in [0.15, 0.2) is 47.3 Å².